The van der Waals surface area contributed by atoms with Crippen LogP contribution in [0, 0.1) is 0 Å². The molecule has 0 saturated heterocycles. The van der Waals surface area contributed by atoms with E-state index in [1.54, 1.807) is 44.6 Å². The summed E-state index contributed by atoms with van der Waals surface area (Å²) in [5.74, 6) is 1.03. The first-order chi connectivity index (χ1) is 14.5. The van der Waals surface area contributed by atoms with E-state index in [0.29, 0.717) is 28.8 Å². The van der Waals surface area contributed by atoms with Gasteiger partial charge in [-0.15, -0.1) is 0 Å². The molecule has 0 aliphatic carbocycles. The third-order valence-corrected chi connectivity index (χ3v) is 4.71. The third-order valence-electron chi connectivity index (χ3n) is 4.48. The molecule has 8 heteroatoms. The Bertz CT molecular complexity index is 1100. The smallest absolute Gasteiger partial charge is 0.266 e. The molecule has 156 valence electrons. The number of nitrogens with zero attached hydrogens (tertiary/aromatic N) is 2. The van der Waals surface area contributed by atoms with E-state index in [2.05, 4.69) is 10.4 Å². The Kier molecular flexibility index (Phi) is 7.08. The molecule has 1 amide bonds. The number of carbonyl (C=O) groups excluding carboxylic acids is 1. The second-order valence-electron chi connectivity index (χ2n) is 6.51. The summed E-state index contributed by atoms with van der Waals surface area (Å²) in [6, 6.07) is 15.7. The Labute approximate surface area is 179 Å². The van der Waals surface area contributed by atoms with Crippen LogP contribution in [-0.2, 0) is 17.9 Å². The van der Waals surface area contributed by atoms with Crippen LogP contribution in [0.3, 0.4) is 0 Å². The highest BCUT2D eigenvalue weighted by atomic mass is 35.5. The lowest BCUT2D eigenvalue weighted by molar-refractivity contribution is -0.121. The highest BCUT2D eigenvalue weighted by Crippen LogP contribution is 2.27. The Morgan fingerprint density at radius 2 is 1.87 bits per heavy atom. The number of ether oxygens (including phenoxy) is 2. The van der Waals surface area contributed by atoms with E-state index in [-0.39, 0.29) is 24.4 Å². The molecule has 1 aromatic heterocycles. The van der Waals surface area contributed by atoms with Crippen molar-refractivity contribution < 1.29 is 14.3 Å². The number of aryl methyl sites for hydroxylation is 1. The summed E-state index contributed by atoms with van der Waals surface area (Å²) >= 11 is 6.03. The Morgan fingerprint density at radius 3 is 2.60 bits per heavy atom. The molecular weight excluding hydrogens is 406 g/mol. The van der Waals surface area contributed by atoms with Crippen LogP contribution in [0.4, 0.5) is 0 Å². The van der Waals surface area contributed by atoms with Gasteiger partial charge in [0.2, 0.25) is 5.91 Å². The normalized spacial score (nSPS) is 10.5. The fourth-order valence-corrected chi connectivity index (χ4v) is 3.09. The number of aromatic nitrogens is 2. The average molecular weight is 428 g/mol. The molecule has 0 atom stereocenters. The molecule has 0 radical (unpaired) electrons. The molecule has 1 heterocycles. The van der Waals surface area contributed by atoms with Gasteiger partial charge in [-0.05, 0) is 35.9 Å². The summed E-state index contributed by atoms with van der Waals surface area (Å²) in [4.78, 5) is 24.4. The molecule has 7 nitrogen and oxygen atoms in total. The van der Waals surface area contributed by atoms with Gasteiger partial charge in [-0.2, -0.15) is 5.10 Å². The van der Waals surface area contributed by atoms with Gasteiger partial charge in [0.15, 0.2) is 11.5 Å². The zero-order valence-electron chi connectivity index (χ0n) is 16.7. The summed E-state index contributed by atoms with van der Waals surface area (Å²) in [5.41, 5.74) is 2.02. The number of benzene rings is 2. The second kappa shape index (κ2) is 9.93. The van der Waals surface area contributed by atoms with Crippen molar-refractivity contribution in [3.63, 3.8) is 0 Å². The highest BCUT2D eigenvalue weighted by Gasteiger charge is 2.09. The van der Waals surface area contributed by atoms with Crippen LogP contribution >= 0.6 is 11.6 Å². The van der Waals surface area contributed by atoms with E-state index in [1.807, 2.05) is 18.2 Å². The van der Waals surface area contributed by atoms with Crippen LogP contribution in [0.15, 0.2) is 59.4 Å². The largest absolute Gasteiger partial charge is 0.493 e. The SMILES string of the molecule is COc1ccc(CNC(=O)CCn2nc(-c3cccc(Cl)c3)ccc2=O)cc1OC. The van der Waals surface area contributed by atoms with Crippen LogP contribution in [-0.4, -0.2) is 29.9 Å². The van der Waals surface area contributed by atoms with Crippen molar-refractivity contribution in [1.29, 1.82) is 0 Å². The topological polar surface area (TPSA) is 82.5 Å². The number of carbonyl (C=O) groups is 1. The maximum absolute atomic E-state index is 12.3. The van der Waals surface area contributed by atoms with Gasteiger partial charge in [-0.25, -0.2) is 4.68 Å². The van der Waals surface area contributed by atoms with Gasteiger partial charge in [0, 0.05) is 29.6 Å². The quantitative estimate of drug-likeness (QED) is 0.596. The van der Waals surface area contributed by atoms with Gasteiger partial charge in [0.1, 0.15) is 0 Å². The number of methoxy groups -OCH3 is 2. The molecule has 0 aliphatic heterocycles. The van der Waals surface area contributed by atoms with E-state index in [1.165, 1.54) is 10.7 Å². The molecule has 0 unspecified atom stereocenters. The zero-order chi connectivity index (χ0) is 21.5. The van der Waals surface area contributed by atoms with Crippen molar-refractivity contribution >= 4 is 17.5 Å². The predicted molar refractivity (Wildman–Crippen MR) is 115 cm³/mol. The first-order valence-corrected chi connectivity index (χ1v) is 9.69. The minimum atomic E-state index is -0.270. The van der Waals surface area contributed by atoms with E-state index < -0.39 is 0 Å². The fourth-order valence-electron chi connectivity index (χ4n) is 2.90. The predicted octanol–water partition coefficient (Wildman–Crippen LogP) is 3.29. The lowest BCUT2D eigenvalue weighted by atomic mass is 10.1. The summed E-state index contributed by atoms with van der Waals surface area (Å²) in [5, 5.41) is 7.77. The number of amides is 1. The highest BCUT2D eigenvalue weighted by molar-refractivity contribution is 6.30. The minimum Gasteiger partial charge on any atom is -0.493 e. The molecule has 1 N–H and O–H groups in total. The van der Waals surface area contributed by atoms with Gasteiger partial charge in [0.25, 0.3) is 5.56 Å². The molecule has 0 spiro atoms. The van der Waals surface area contributed by atoms with Crippen LogP contribution in [0.2, 0.25) is 5.02 Å². The molecule has 0 saturated carbocycles. The molecule has 0 aliphatic rings. The molecule has 0 fully saturated rings. The van der Waals surface area contributed by atoms with Crippen molar-refractivity contribution in [2.45, 2.75) is 19.5 Å². The van der Waals surface area contributed by atoms with Gasteiger partial charge >= 0.3 is 0 Å². The van der Waals surface area contributed by atoms with Crippen molar-refractivity contribution in [3.8, 4) is 22.8 Å². The maximum atomic E-state index is 12.3. The molecular formula is C22H22ClN3O4. The van der Waals surface area contributed by atoms with E-state index in [4.69, 9.17) is 21.1 Å². The molecule has 2 aromatic carbocycles. The first-order valence-electron chi connectivity index (χ1n) is 9.32. The number of halogens is 1. The van der Waals surface area contributed by atoms with Crippen LogP contribution in [0.25, 0.3) is 11.3 Å². The Morgan fingerprint density at radius 1 is 1.07 bits per heavy atom. The van der Waals surface area contributed by atoms with Crippen LogP contribution < -0.4 is 20.3 Å². The number of nitrogens with one attached hydrogen (secondary N) is 1. The third kappa shape index (κ3) is 5.39. The minimum absolute atomic E-state index is 0.124. The number of rotatable bonds is 8. The summed E-state index contributed by atoms with van der Waals surface area (Å²) in [7, 11) is 3.12. The molecule has 0 bridgehead atoms. The van der Waals surface area contributed by atoms with Gasteiger partial charge in [-0.1, -0.05) is 29.8 Å². The summed E-state index contributed by atoms with van der Waals surface area (Å²) < 4.78 is 11.8. The summed E-state index contributed by atoms with van der Waals surface area (Å²) in [6.45, 7) is 0.509. The molecule has 3 aromatic rings. The van der Waals surface area contributed by atoms with E-state index in [0.717, 1.165) is 11.1 Å². The second-order valence-corrected chi connectivity index (χ2v) is 6.94. The van der Waals surface area contributed by atoms with Gasteiger partial charge in [-0.3, -0.25) is 9.59 Å². The standard InChI is InChI=1S/C22H22ClN3O4/c1-29-19-8-6-15(12-20(19)30-2)14-24-21(27)10-11-26-22(28)9-7-18(25-26)16-4-3-5-17(23)13-16/h3-9,12-13H,10-11,14H2,1-2H3,(H,24,27). The lowest BCUT2D eigenvalue weighted by Crippen LogP contribution is -2.28. The van der Waals surface area contributed by atoms with E-state index >= 15 is 0 Å². The van der Waals surface area contributed by atoms with Crippen molar-refractivity contribution in [3.05, 3.63) is 75.5 Å². The van der Waals surface area contributed by atoms with Gasteiger partial charge in [0.05, 0.1) is 26.5 Å². The van der Waals surface area contributed by atoms with Crippen molar-refractivity contribution in [2.24, 2.45) is 0 Å². The Balaban J connectivity index is 1.61. The van der Waals surface area contributed by atoms with Crippen molar-refractivity contribution in [1.82, 2.24) is 15.1 Å². The fraction of sp³-hybridized carbons (Fsp3) is 0.227. The Hall–Kier alpha value is -3.32. The molecule has 30 heavy (non-hydrogen) atoms. The first kappa shape index (κ1) is 21.4. The van der Waals surface area contributed by atoms with Crippen LogP contribution in [0.1, 0.15) is 12.0 Å². The van der Waals surface area contributed by atoms with Gasteiger partial charge < -0.3 is 14.8 Å². The maximum Gasteiger partial charge on any atom is 0.266 e. The molecule has 3 rings (SSSR count). The summed E-state index contributed by atoms with van der Waals surface area (Å²) in [6.07, 6.45) is 0.124. The van der Waals surface area contributed by atoms with Crippen molar-refractivity contribution in [2.75, 3.05) is 14.2 Å². The number of hydrogen-bond donors (Lipinski definition) is 1. The zero-order valence-corrected chi connectivity index (χ0v) is 17.5. The lowest BCUT2D eigenvalue weighted by Gasteiger charge is -2.11. The van der Waals surface area contributed by atoms with Crippen LogP contribution in [0.5, 0.6) is 11.5 Å². The number of hydrogen-bond acceptors (Lipinski definition) is 5. The van der Waals surface area contributed by atoms with E-state index in [9.17, 15) is 9.59 Å². The monoisotopic (exact) mass is 427 g/mol. The average Bonchev–Trinajstić information content (AvgIpc) is 2.76.